The molecule has 0 spiro atoms. The summed E-state index contributed by atoms with van der Waals surface area (Å²) in [5.74, 6) is -0.611. The van der Waals surface area contributed by atoms with Gasteiger partial charge in [0.2, 0.25) is 5.91 Å². The lowest BCUT2D eigenvalue weighted by Crippen LogP contribution is -2.44. The van der Waals surface area contributed by atoms with E-state index in [1.54, 1.807) is 17.3 Å². The lowest BCUT2D eigenvalue weighted by atomic mass is 9.86. The molecule has 2 heterocycles. The average Bonchev–Trinajstić information content (AvgIpc) is 3.04. The minimum absolute atomic E-state index is 0.0546. The number of benzene rings is 1. The van der Waals surface area contributed by atoms with Gasteiger partial charge in [-0.05, 0) is 42.0 Å². The summed E-state index contributed by atoms with van der Waals surface area (Å²) in [5, 5.41) is 2.47. The third kappa shape index (κ3) is 3.60. The van der Waals surface area contributed by atoms with E-state index in [-0.39, 0.29) is 30.9 Å². The number of nitrogens with one attached hydrogen (secondary N) is 1. The third-order valence-corrected chi connectivity index (χ3v) is 5.34. The molecule has 7 nitrogen and oxygen atoms in total. The first-order chi connectivity index (χ1) is 13.6. The maximum absolute atomic E-state index is 13.2. The Bertz CT molecular complexity index is 884. The van der Waals surface area contributed by atoms with Crippen molar-refractivity contribution in [2.24, 2.45) is 0 Å². The zero-order valence-corrected chi connectivity index (χ0v) is 15.5. The summed E-state index contributed by atoms with van der Waals surface area (Å²) < 4.78 is 0. The van der Waals surface area contributed by atoms with Crippen LogP contribution in [0.4, 0.5) is 4.79 Å². The molecule has 1 saturated heterocycles. The molecule has 2 aromatic rings. The highest BCUT2D eigenvalue weighted by molar-refractivity contribution is 6.04. The van der Waals surface area contributed by atoms with E-state index >= 15 is 0 Å². The van der Waals surface area contributed by atoms with Crippen LogP contribution >= 0.6 is 0 Å². The van der Waals surface area contributed by atoms with E-state index in [0.29, 0.717) is 6.54 Å². The van der Waals surface area contributed by atoms with Gasteiger partial charge in [-0.25, -0.2) is 4.79 Å². The van der Waals surface area contributed by atoms with Crippen molar-refractivity contribution in [3.63, 3.8) is 0 Å². The Morgan fingerprint density at radius 1 is 1.21 bits per heavy atom. The predicted octanol–water partition coefficient (Wildman–Crippen LogP) is 2.04. The lowest BCUT2D eigenvalue weighted by Gasteiger charge is -2.36. The topological polar surface area (TPSA) is 82.6 Å². The van der Waals surface area contributed by atoms with Gasteiger partial charge in [0.1, 0.15) is 6.54 Å². The van der Waals surface area contributed by atoms with Crippen molar-refractivity contribution in [2.75, 3.05) is 13.1 Å². The van der Waals surface area contributed by atoms with E-state index in [2.05, 4.69) is 22.4 Å². The fourth-order valence-electron chi connectivity index (χ4n) is 3.95. The Morgan fingerprint density at radius 3 is 2.82 bits per heavy atom. The number of carbonyl (C=O) groups excluding carboxylic acids is 3. The van der Waals surface area contributed by atoms with Crippen molar-refractivity contribution in [3.8, 4) is 0 Å². The molecule has 1 aromatic heterocycles. The Balaban J connectivity index is 1.63. The summed E-state index contributed by atoms with van der Waals surface area (Å²) in [7, 11) is 0. The Morgan fingerprint density at radius 2 is 2.07 bits per heavy atom. The fourth-order valence-corrected chi connectivity index (χ4v) is 3.95. The van der Waals surface area contributed by atoms with Crippen molar-refractivity contribution in [3.05, 3.63) is 65.5 Å². The van der Waals surface area contributed by atoms with Gasteiger partial charge in [-0.15, -0.1) is 0 Å². The highest BCUT2D eigenvalue weighted by atomic mass is 16.2. The van der Waals surface area contributed by atoms with Crippen LogP contribution in [0.2, 0.25) is 0 Å². The number of pyridine rings is 1. The number of nitrogens with zero attached hydrogens (tertiary/aromatic N) is 3. The molecule has 0 unspecified atom stereocenters. The molecule has 1 N–H and O–H groups in total. The van der Waals surface area contributed by atoms with Crippen molar-refractivity contribution >= 4 is 17.8 Å². The molecule has 4 amide bonds. The smallest absolute Gasteiger partial charge is 0.325 e. The van der Waals surface area contributed by atoms with Gasteiger partial charge in [0.15, 0.2) is 0 Å². The van der Waals surface area contributed by atoms with Crippen molar-refractivity contribution < 1.29 is 14.4 Å². The van der Waals surface area contributed by atoms with Crippen LogP contribution in [-0.4, -0.2) is 45.7 Å². The number of hydrogen-bond acceptors (Lipinski definition) is 4. The van der Waals surface area contributed by atoms with Crippen LogP contribution in [0, 0.1) is 0 Å². The van der Waals surface area contributed by atoms with Gasteiger partial charge in [-0.2, -0.15) is 0 Å². The van der Waals surface area contributed by atoms with E-state index < -0.39 is 6.03 Å². The SMILES string of the molecule is O=C1CNC(=O)N1CC(=O)N(Cc1cccnc1)[C@@H]1CCCc2ccccc21. The number of rotatable bonds is 5. The molecule has 28 heavy (non-hydrogen) atoms. The fraction of sp³-hybridized carbons (Fsp3) is 0.333. The molecule has 0 radical (unpaired) electrons. The summed E-state index contributed by atoms with van der Waals surface area (Å²) in [5.41, 5.74) is 3.30. The van der Waals surface area contributed by atoms with Crippen LogP contribution in [-0.2, 0) is 22.6 Å². The summed E-state index contributed by atoms with van der Waals surface area (Å²) in [4.78, 5) is 44.0. The first-order valence-corrected chi connectivity index (χ1v) is 9.48. The van der Waals surface area contributed by atoms with Crippen molar-refractivity contribution in [2.45, 2.75) is 31.8 Å². The first kappa shape index (κ1) is 18.2. The molecular weight excluding hydrogens is 356 g/mol. The molecule has 1 aromatic carbocycles. The van der Waals surface area contributed by atoms with Crippen molar-refractivity contribution in [1.82, 2.24) is 20.1 Å². The maximum atomic E-state index is 13.2. The molecule has 2 aliphatic rings. The monoisotopic (exact) mass is 378 g/mol. The third-order valence-electron chi connectivity index (χ3n) is 5.34. The Hall–Kier alpha value is -3.22. The minimum atomic E-state index is -0.510. The summed E-state index contributed by atoms with van der Waals surface area (Å²) in [6, 6.07) is 11.3. The van der Waals surface area contributed by atoms with Gasteiger partial charge >= 0.3 is 6.03 Å². The second-order valence-corrected chi connectivity index (χ2v) is 7.13. The summed E-state index contributed by atoms with van der Waals surface area (Å²) in [6.45, 7) is 0.0832. The second-order valence-electron chi connectivity index (χ2n) is 7.13. The number of fused-ring (bicyclic) bond motifs is 1. The lowest BCUT2D eigenvalue weighted by molar-refractivity contribution is -0.139. The van der Waals surface area contributed by atoms with E-state index in [9.17, 15) is 14.4 Å². The van der Waals surface area contributed by atoms with Gasteiger partial charge in [0.25, 0.3) is 5.91 Å². The van der Waals surface area contributed by atoms with Gasteiger partial charge in [-0.1, -0.05) is 30.3 Å². The number of aromatic nitrogens is 1. The largest absolute Gasteiger partial charge is 0.330 e. The normalized spacial score (nSPS) is 18.6. The summed E-state index contributed by atoms with van der Waals surface area (Å²) in [6.07, 6.45) is 6.26. The van der Waals surface area contributed by atoms with Gasteiger partial charge in [0.05, 0.1) is 12.6 Å². The average molecular weight is 378 g/mol. The number of urea groups is 1. The predicted molar refractivity (Wildman–Crippen MR) is 102 cm³/mol. The van der Waals surface area contributed by atoms with Gasteiger partial charge < -0.3 is 10.2 Å². The minimum Gasteiger partial charge on any atom is -0.330 e. The molecule has 7 heteroatoms. The van der Waals surface area contributed by atoms with Crippen molar-refractivity contribution in [1.29, 1.82) is 0 Å². The van der Waals surface area contributed by atoms with Crippen LogP contribution < -0.4 is 5.32 Å². The van der Waals surface area contributed by atoms with Gasteiger partial charge in [0, 0.05) is 18.9 Å². The number of aryl methyl sites for hydroxylation is 1. The second kappa shape index (κ2) is 7.80. The summed E-state index contributed by atoms with van der Waals surface area (Å²) >= 11 is 0. The van der Waals surface area contributed by atoms with Crippen LogP contribution in [0.5, 0.6) is 0 Å². The van der Waals surface area contributed by atoms with Crippen LogP contribution in [0.1, 0.15) is 35.6 Å². The van der Waals surface area contributed by atoms with Crippen LogP contribution in [0.25, 0.3) is 0 Å². The Labute approximate surface area is 163 Å². The molecule has 144 valence electrons. The maximum Gasteiger partial charge on any atom is 0.325 e. The quantitative estimate of drug-likeness (QED) is 0.807. The Kier molecular flexibility index (Phi) is 5.06. The van der Waals surface area contributed by atoms with Crippen LogP contribution in [0.3, 0.4) is 0 Å². The molecule has 1 fully saturated rings. The number of amides is 4. The molecule has 0 bridgehead atoms. The first-order valence-electron chi connectivity index (χ1n) is 9.48. The molecule has 0 saturated carbocycles. The standard InChI is InChI=1S/C21H22N4O3/c26-19-12-23-21(28)25(19)14-20(27)24(13-15-5-4-10-22-11-15)18-9-3-7-16-6-1-2-8-17(16)18/h1-2,4-6,8,10-11,18H,3,7,9,12-14H2,(H,23,28)/t18-/m1/s1. The molecular formula is C21H22N4O3. The zero-order chi connectivity index (χ0) is 19.5. The zero-order valence-electron chi connectivity index (χ0n) is 15.5. The van der Waals surface area contributed by atoms with Crippen LogP contribution in [0.15, 0.2) is 48.8 Å². The van der Waals surface area contributed by atoms with E-state index in [1.807, 2.05) is 24.3 Å². The molecule has 1 aliphatic carbocycles. The van der Waals surface area contributed by atoms with Gasteiger partial charge in [-0.3, -0.25) is 19.5 Å². The highest BCUT2D eigenvalue weighted by Crippen LogP contribution is 2.35. The molecule has 4 rings (SSSR count). The number of carbonyl (C=O) groups is 3. The molecule has 1 atom stereocenters. The number of imide groups is 1. The van der Waals surface area contributed by atoms with E-state index in [0.717, 1.165) is 35.3 Å². The van der Waals surface area contributed by atoms with E-state index in [1.165, 1.54) is 5.56 Å². The molecule has 1 aliphatic heterocycles. The van der Waals surface area contributed by atoms with E-state index in [4.69, 9.17) is 0 Å². The number of hydrogen-bond donors (Lipinski definition) is 1. The highest BCUT2D eigenvalue weighted by Gasteiger charge is 2.35.